The van der Waals surface area contributed by atoms with E-state index in [2.05, 4.69) is 0 Å². The number of hydrogen-bond donors (Lipinski definition) is 0. The molecule has 3 aromatic carbocycles. The van der Waals surface area contributed by atoms with Gasteiger partial charge in [-0.25, -0.2) is 8.78 Å². The monoisotopic (exact) mass is 328 g/mol. The first-order valence-electron chi connectivity index (χ1n) is 7.21. The Balaban J connectivity index is 2.35. The van der Waals surface area contributed by atoms with Gasteiger partial charge in [-0.15, -0.1) is 0 Å². The van der Waals surface area contributed by atoms with E-state index in [1.54, 1.807) is 48.5 Å². The molecule has 0 fully saturated rings. The second-order valence-electron chi connectivity index (χ2n) is 5.29. The third kappa shape index (κ3) is 2.62. The van der Waals surface area contributed by atoms with Gasteiger partial charge in [-0.05, 0) is 24.6 Å². The Morgan fingerprint density at radius 1 is 0.739 bits per heavy atom. The molecule has 0 spiro atoms. The highest BCUT2D eigenvalue weighted by atomic mass is 31.2. The number of hydrogen-bond acceptors (Lipinski definition) is 1. The largest absolute Gasteiger partial charge is 0.309 e. The van der Waals surface area contributed by atoms with E-state index in [1.165, 1.54) is 13.0 Å². The molecule has 0 atom stereocenters. The van der Waals surface area contributed by atoms with Crippen molar-refractivity contribution in [3.63, 3.8) is 0 Å². The third-order valence-corrected chi connectivity index (χ3v) is 7.10. The zero-order chi connectivity index (χ0) is 16.4. The first-order chi connectivity index (χ1) is 11.0. The van der Waals surface area contributed by atoms with E-state index in [9.17, 15) is 13.3 Å². The molecule has 0 aromatic heterocycles. The molecule has 0 amide bonds. The van der Waals surface area contributed by atoms with Gasteiger partial charge in [0.2, 0.25) is 0 Å². The molecule has 1 nitrogen and oxygen atoms in total. The van der Waals surface area contributed by atoms with Crippen LogP contribution in [0.15, 0.2) is 72.8 Å². The predicted octanol–water partition coefficient (Wildman–Crippen LogP) is 3.91. The van der Waals surface area contributed by atoms with E-state index in [0.29, 0.717) is 15.9 Å². The molecular weight excluding hydrogens is 313 g/mol. The molecule has 0 saturated heterocycles. The highest BCUT2D eigenvalue weighted by Crippen LogP contribution is 2.43. The van der Waals surface area contributed by atoms with Crippen molar-refractivity contribution < 1.29 is 13.3 Å². The van der Waals surface area contributed by atoms with Gasteiger partial charge in [-0.1, -0.05) is 60.7 Å². The minimum Gasteiger partial charge on any atom is -0.309 e. The number of halogens is 2. The standard InChI is InChI=1S/C19H15F2OP/c1-14-18(13-12-17(20)19(14)21)23(22,15-8-4-2-5-9-15)16-10-6-3-7-11-16/h2-13H,1H3. The lowest BCUT2D eigenvalue weighted by Crippen LogP contribution is -2.27. The molecule has 0 aliphatic rings. The zero-order valence-electron chi connectivity index (χ0n) is 12.5. The fourth-order valence-corrected chi connectivity index (χ4v) is 5.58. The molecule has 3 rings (SSSR count). The van der Waals surface area contributed by atoms with Crippen molar-refractivity contribution in [1.82, 2.24) is 0 Å². The van der Waals surface area contributed by atoms with Crippen LogP contribution in [0.4, 0.5) is 8.78 Å². The normalized spacial score (nSPS) is 11.4. The van der Waals surface area contributed by atoms with Crippen LogP contribution in [0.1, 0.15) is 5.56 Å². The molecule has 4 heteroatoms. The molecule has 0 N–H and O–H groups in total. The second-order valence-corrected chi connectivity index (χ2v) is 8.02. The Morgan fingerprint density at radius 3 is 1.70 bits per heavy atom. The maximum absolute atomic E-state index is 14.1. The van der Waals surface area contributed by atoms with Crippen LogP contribution >= 0.6 is 7.14 Å². The lowest BCUT2D eigenvalue weighted by molar-refractivity contribution is 0.504. The van der Waals surface area contributed by atoms with Crippen LogP contribution in [0, 0.1) is 18.6 Å². The fraction of sp³-hybridized carbons (Fsp3) is 0.0526. The van der Waals surface area contributed by atoms with Gasteiger partial charge in [-0.3, -0.25) is 0 Å². The molecule has 0 unspecified atom stereocenters. The van der Waals surface area contributed by atoms with Crippen LogP contribution in [-0.2, 0) is 4.57 Å². The average molecular weight is 328 g/mol. The molecule has 23 heavy (non-hydrogen) atoms. The third-order valence-electron chi connectivity index (χ3n) is 3.89. The molecule has 0 radical (unpaired) electrons. The SMILES string of the molecule is Cc1c(P(=O)(c2ccccc2)c2ccccc2)ccc(F)c1F. The number of rotatable bonds is 3. The Morgan fingerprint density at radius 2 is 1.22 bits per heavy atom. The summed E-state index contributed by atoms with van der Waals surface area (Å²) in [6, 6.07) is 20.3. The van der Waals surface area contributed by atoms with Gasteiger partial charge in [0.05, 0.1) is 0 Å². The topological polar surface area (TPSA) is 17.1 Å². The van der Waals surface area contributed by atoms with E-state index < -0.39 is 18.8 Å². The minimum absolute atomic E-state index is 0.0843. The van der Waals surface area contributed by atoms with Crippen LogP contribution < -0.4 is 15.9 Å². The van der Waals surface area contributed by atoms with Crippen LogP contribution in [0.2, 0.25) is 0 Å². The molecule has 3 aromatic rings. The minimum atomic E-state index is -3.27. The van der Waals surface area contributed by atoms with E-state index >= 15 is 0 Å². The summed E-state index contributed by atoms with van der Waals surface area (Å²) in [5.74, 6) is -1.88. The Bertz CT molecular complexity index is 833. The lowest BCUT2D eigenvalue weighted by atomic mass is 10.2. The van der Waals surface area contributed by atoms with Gasteiger partial charge in [0, 0.05) is 15.9 Å². The van der Waals surface area contributed by atoms with Gasteiger partial charge in [0.15, 0.2) is 18.8 Å². The maximum Gasteiger partial charge on any atom is 0.171 e. The zero-order valence-corrected chi connectivity index (χ0v) is 13.4. The van der Waals surface area contributed by atoms with Gasteiger partial charge >= 0.3 is 0 Å². The van der Waals surface area contributed by atoms with Gasteiger partial charge in [-0.2, -0.15) is 0 Å². The maximum atomic E-state index is 14.1. The molecule has 0 bridgehead atoms. The summed E-state index contributed by atoms with van der Waals surface area (Å²) in [5, 5.41) is 1.52. The summed E-state index contributed by atoms with van der Waals surface area (Å²) in [7, 11) is -3.27. The van der Waals surface area contributed by atoms with Crippen LogP contribution in [0.25, 0.3) is 0 Å². The van der Waals surface area contributed by atoms with Crippen molar-refractivity contribution in [2.24, 2.45) is 0 Å². The predicted molar refractivity (Wildman–Crippen MR) is 90.5 cm³/mol. The Hall–Kier alpha value is -2.25. The fourth-order valence-electron chi connectivity index (χ4n) is 2.69. The molecule has 0 saturated carbocycles. The van der Waals surface area contributed by atoms with Crippen molar-refractivity contribution in [2.45, 2.75) is 6.92 Å². The second kappa shape index (κ2) is 6.10. The Kier molecular flexibility index (Phi) is 4.14. The first-order valence-corrected chi connectivity index (χ1v) is 8.92. The van der Waals surface area contributed by atoms with E-state index in [-0.39, 0.29) is 5.56 Å². The first kappa shape index (κ1) is 15.6. The number of benzene rings is 3. The quantitative estimate of drug-likeness (QED) is 0.666. The summed E-state index contributed by atoms with van der Waals surface area (Å²) in [4.78, 5) is 0. The summed E-state index contributed by atoms with van der Waals surface area (Å²) in [6.45, 7) is 1.46. The summed E-state index contributed by atoms with van der Waals surface area (Å²) < 4.78 is 41.6. The van der Waals surface area contributed by atoms with E-state index in [0.717, 1.165) is 6.07 Å². The molecule has 0 aliphatic carbocycles. The van der Waals surface area contributed by atoms with Crippen molar-refractivity contribution in [3.8, 4) is 0 Å². The lowest BCUT2D eigenvalue weighted by Gasteiger charge is -2.22. The molecule has 0 aliphatic heterocycles. The van der Waals surface area contributed by atoms with Crippen molar-refractivity contribution in [3.05, 3.63) is 90.0 Å². The van der Waals surface area contributed by atoms with Gasteiger partial charge in [0.1, 0.15) is 0 Å². The van der Waals surface area contributed by atoms with Crippen molar-refractivity contribution >= 4 is 23.1 Å². The van der Waals surface area contributed by atoms with E-state index in [4.69, 9.17) is 0 Å². The molecular formula is C19H15F2OP. The average Bonchev–Trinajstić information content (AvgIpc) is 2.61. The van der Waals surface area contributed by atoms with E-state index in [1.807, 2.05) is 12.1 Å². The smallest absolute Gasteiger partial charge is 0.171 e. The van der Waals surface area contributed by atoms with Crippen LogP contribution in [0.3, 0.4) is 0 Å². The highest BCUT2D eigenvalue weighted by molar-refractivity contribution is 7.85. The molecule has 116 valence electrons. The van der Waals surface area contributed by atoms with Crippen LogP contribution in [0.5, 0.6) is 0 Å². The molecule has 0 heterocycles. The van der Waals surface area contributed by atoms with Crippen molar-refractivity contribution in [1.29, 1.82) is 0 Å². The van der Waals surface area contributed by atoms with Crippen molar-refractivity contribution in [2.75, 3.05) is 0 Å². The summed E-state index contributed by atoms with van der Waals surface area (Å²) >= 11 is 0. The summed E-state index contributed by atoms with van der Waals surface area (Å²) in [6.07, 6.45) is 0. The van der Waals surface area contributed by atoms with Gasteiger partial charge in [0.25, 0.3) is 0 Å². The summed E-state index contributed by atoms with van der Waals surface area (Å²) in [5.41, 5.74) is 0.0843. The van der Waals surface area contributed by atoms with Crippen LogP contribution in [-0.4, -0.2) is 0 Å². The van der Waals surface area contributed by atoms with Gasteiger partial charge < -0.3 is 4.57 Å². The highest BCUT2D eigenvalue weighted by Gasteiger charge is 2.32. The Labute approximate surface area is 134 Å².